The third-order valence-corrected chi connectivity index (χ3v) is 6.10. The second kappa shape index (κ2) is 6.39. The molecule has 144 valence electrons. The summed E-state index contributed by atoms with van der Waals surface area (Å²) in [5, 5.41) is 9.89. The van der Waals surface area contributed by atoms with E-state index in [1.54, 1.807) is 6.26 Å². The van der Waals surface area contributed by atoms with Crippen LogP contribution in [-0.4, -0.2) is 43.1 Å². The molecule has 1 atom stereocenters. The van der Waals surface area contributed by atoms with Gasteiger partial charge in [0, 0.05) is 30.6 Å². The van der Waals surface area contributed by atoms with Gasteiger partial charge in [0.1, 0.15) is 17.3 Å². The number of furan rings is 1. The van der Waals surface area contributed by atoms with Crippen molar-refractivity contribution in [3.8, 4) is 17.4 Å². The molecule has 5 rings (SSSR count). The lowest BCUT2D eigenvalue weighted by atomic mass is 9.96. The molecule has 1 aromatic carbocycles. The summed E-state index contributed by atoms with van der Waals surface area (Å²) in [6, 6.07) is 6.70. The number of hydrogen-bond acceptors (Lipinski definition) is 6. The van der Waals surface area contributed by atoms with Crippen molar-refractivity contribution in [1.82, 2.24) is 9.88 Å². The van der Waals surface area contributed by atoms with Crippen molar-refractivity contribution in [2.24, 2.45) is 0 Å². The molecule has 1 unspecified atom stereocenters. The zero-order valence-electron chi connectivity index (χ0n) is 16.5. The van der Waals surface area contributed by atoms with Crippen LogP contribution < -0.4 is 4.90 Å². The number of hydrogen-bond donors (Lipinski definition) is 0. The van der Waals surface area contributed by atoms with Crippen LogP contribution in [0.15, 0.2) is 27.2 Å². The standard InChI is InChI=1S/C22H24N4O2/c1-13-16(11-23)19-21(28-22(24-19)14-6-7-14)20(18(13)17-5-4-10-27-17)26-9-8-15(12-26)25(2)3/h4-5,10,14-15H,6-9,12H2,1-3H3. The lowest BCUT2D eigenvalue weighted by Gasteiger charge is -2.24. The van der Waals surface area contributed by atoms with Gasteiger partial charge in [-0.3, -0.25) is 0 Å². The van der Waals surface area contributed by atoms with Crippen LogP contribution in [0.1, 0.15) is 42.2 Å². The van der Waals surface area contributed by atoms with Gasteiger partial charge in [-0.2, -0.15) is 5.26 Å². The van der Waals surface area contributed by atoms with Crippen LogP contribution >= 0.6 is 0 Å². The summed E-state index contributed by atoms with van der Waals surface area (Å²) in [6.07, 6.45) is 4.99. The minimum absolute atomic E-state index is 0.396. The minimum Gasteiger partial charge on any atom is -0.464 e. The van der Waals surface area contributed by atoms with Gasteiger partial charge >= 0.3 is 0 Å². The van der Waals surface area contributed by atoms with Gasteiger partial charge in [0.15, 0.2) is 11.5 Å². The van der Waals surface area contributed by atoms with Gasteiger partial charge < -0.3 is 18.6 Å². The molecule has 2 aliphatic rings. The molecule has 1 saturated heterocycles. The van der Waals surface area contributed by atoms with E-state index >= 15 is 0 Å². The summed E-state index contributed by atoms with van der Waals surface area (Å²) in [4.78, 5) is 9.41. The summed E-state index contributed by atoms with van der Waals surface area (Å²) in [6.45, 7) is 3.85. The number of likely N-dealkylation sites (N-methyl/N-ethyl adjacent to an activating group) is 1. The van der Waals surface area contributed by atoms with Gasteiger partial charge in [0.2, 0.25) is 0 Å². The van der Waals surface area contributed by atoms with Gasteiger partial charge in [0.05, 0.1) is 17.5 Å². The zero-order valence-corrected chi connectivity index (χ0v) is 16.5. The second-order valence-corrected chi connectivity index (χ2v) is 8.17. The van der Waals surface area contributed by atoms with Crippen LogP contribution in [0.2, 0.25) is 0 Å². The van der Waals surface area contributed by atoms with Crippen molar-refractivity contribution in [2.45, 2.75) is 38.1 Å². The quantitative estimate of drug-likeness (QED) is 0.677. The topological polar surface area (TPSA) is 69.4 Å². The van der Waals surface area contributed by atoms with Crippen molar-refractivity contribution < 1.29 is 8.83 Å². The van der Waals surface area contributed by atoms with E-state index < -0.39 is 0 Å². The Hall–Kier alpha value is -2.78. The Labute approximate surface area is 164 Å². The van der Waals surface area contributed by atoms with Gasteiger partial charge in [-0.05, 0) is 58.0 Å². The summed E-state index contributed by atoms with van der Waals surface area (Å²) < 4.78 is 12.1. The fourth-order valence-corrected chi connectivity index (χ4v) is 4.29. The number of nitrogens with zero attached hydrogens (tertiary/aromatic N) is 4. The van der Waals surface area contributed by atoms with Crippen LogP contribution in [0.4, 0.5) is 5.69 Å². The van der Waals surface area contributed by atoms with Crippen LogP contribution in [0, 0.1) is 18.3 Å². The smallest absolute Gasteiger partial charge is 0.198 e. The summed E-state index contributed by atoms with van der Waals surface area (Å²) in [5.74, 6) is 1.93. The van der Waals surface area contributed by atoms with E-state index in [1.807, 2.05) is 19.1 Å². The number of rotatable bonds is 4. The minimum atomic E-state index is 0.396. The Kier molecular flexibility index (Phi) is 3.95. The molecule has 1 aliphatic heterocycles. The monoisotopic (exact) mass is 376 g/mol. The first-order chi connectivity index (χ1) is 13.6. The van der Waals surface area contributed by atoms with E-state index in [2.05, 4.69) is 30.0 Å². The summed E-state index contributed by atoms with van der Waals surface area (Å²) >= 11 is 0. The number of fused-ring (bicyclic) bond motifs is 1. The Morgan fingerprint density at radius 2 is 2.11 bits per heavy atom. The third-order valence-electron chi connectivity index (χ3n) is 6.10. The molecule has 0 N–H and O–H groups in total. The molecule has 3 heterocycles. The van der Waals surface area contributed by atoms with Gasteiger partial charge in [-0.1, -0.05) is 0 Å². The molecule has 0 amide bonds. The highest BCUT2D eigenvalue weighted by molar-refractivity contribution is 6.01. The molecule has 1 aliphatic carbocycles. The van der Waals surface area contributed by atoms with Crippen molar-refractivity contribution in [2.75, 3.05) is 32.1 Å². The van der Waals surface area contributed by atoms with E-state index in [-0.39, 0.29) is 0 Å². The highest BCUT2D eigenvalue weighted by atomic mass is 16.4. The Bertz CT molecular complexity index is 1070. The molecule has 3 aromatic rings. The predicted molar refractivity (Wildman–Crippen MR) is 107 cm³/mol. The fourth-order valence-electron chi connectivity index (χ4n) is 4.29. The maximum absolute atomic E-state index is 9.89. The largest absolute Gasteiger partial charge is 0.464 e. The first-order valence-corrected chi connectivity index (χ1v) is 9.90. The molecule has 2 fully saturated rings. The SMILES string of the molecule is Cc1c(-c2ccco2)c(N2CCC(N(C)C)C2)c2oc(C3CC3)nc2c1C#N. The maximum atomic E-state index is 9.89. The van der Waals surface area contributed by atoms with E-state index in [0.717, 1.165) is 66.4 Å². The summed E-state index contributed by atoms with van der Waals surface area (Å²) in [7, 11) is 4.25. The molecule has 1 saturated carbocycles. The first kappa shape index (κ1) is 17.3. The Morgan fingerprint density at radius 1 is 1.29 bits per heavy atom. The number of anilines is 1. The van der Waals surface area contributed by atoms with E-state index in [1.165, 1.54) is 0 Å². The van der Waals surface area contributed by atoms with E-state index in [4.69, 9.17) is 13.8 Å². The number of oxazole rings is 1. The molecule has 0 radical (unpaired) electrons. The lowest BCUT2D eigenvalue weighted by Crippen LogP contribution is -2.31. The Morgan fingerprint density at radius 3 is 2.71 bits per heavy atom. The van der Waals surface area contributed by atoms with E-state index in [9.17, 15) is 5.26 Å². The Balaban J connectivity index is 1.78. The normalized spacial score (nSPS) is 19.7. The van der Waals surface area contributed by atoms with Gasteiger partial charge in [-0.15, -0.1) is 0 Å². The average Bonchev–Trinajstić information content (AvgIpc) is 3.09. The van der Waals surface area contributed by atoms with Gasteiger partial charge in [-0.25, -0.2) is 4.98 Å². The van der Waals surface area contributed by atoms with Crippen molar-refractivity contribution in [3.63, 3.8) is 0 Å². The second-order valence-electron chi connectivity index (χ2n) is 8.17. The molecule has 6 heteroatoms. The zero-order chi connectivity index (χ0) is 19.4. The van der Waals surface area contributed by atoms with Crippen LogP contribution in [0.3, 0.4) is 0 Å². The number of benzene rings is 1. The lowest BCUT2D eigenvalue weighted by molar-refractivity contribution is 0.315. The summed E-state index contributed by atoms with van der Waals surface area (Å²) in [5.41, 5.74) is 4.89. The molecule has 0 bridgehead atoms. The average molecular weight is 376 g/mol. The molecular formula is C22H24N4O2. The maximum Gasteiger partial charge on any atom is 0.198 e. The van der Waals surface area contributed by atoms with Crippen LogP contribution in [-0.2, 0) is 0 Å². The molecule has 28 heavy (non-hydrogen) atoms. The van der Waals surface area contributed by atoms with Crippen molar-refractivity contribution >= 4 is 16.8 Å². The predicted octanol–water partition coefficient (Wildman–Crippen LogP) is 4.29. The van der Waals surface area contributed by atoms with Crippen molar-refractivity contribution in [3.05, 3.63) is 35.4 Å². The fraction of sp³-hybridized carbons (Fsp3) is 0.455. The molecular weight excluding hydrogens is 352 g/mol. The number of nitriles is 1. The van der Waals surface area contributed by atoms with Crippen molar-refractivity contribution in [1.29, 1.82) is 5.26 Å². The highest BCUT2D eigenvalue weighted by Gasteiger charge is 2.35. The highest BCUT2D eigenvalue weighted by Crippen LogP contribution is 2.47. The molecule has 0 spiro atoms. The van der Waals surface area contributed by atoms with Crippen LogP contribution in [0.25, 0.3) is 22.4 Å². The molecule has 2 aromatic heterocycles. The third kappa shape index (κ3) is 2.61. The number of aromatic nitrogens is 1. The van der Waals surface area contributed by atoms with Gasteiger partial charge in [0.25, 0.3) is 0 Å². The molecule has 6 nitrogen and oxygen atoms in total. The van der Waals surface area contributed by atoms with E-state index in [0.29, 0.717) is 23.0 Å². The first-order valence-electron chi connectivity index (χ1n) is 9.90. The van der Waals surface area contributed by atoms with Crippen LogP contribution in [0.5, 0.6) is 0 Å².